The lowest BCUT2D eigenvalue weighted by molar-refractivity contribution is -0.167. The minimum absolute atomic E-state index is 0.109. The fourth-order valence-corrected chi connectivity index (χ4v) is 6.35. The maximum absolute atomic E-state index is 12.7. The van der Waals surface area contributed by atoms with Gasteiger partial charge in [0.1, 0.15) is 13.2 Å². The van der Waals surface area contributed by atoms with Gasteiger partial charge in [-0.15, -0.1) is 0 Å². The van der Waals surface area contributed by atoms with Gasteiger partial charge in [-0.25, -0.2) is 0 Å². The first kappa shape index (κ1) is 58.1. The second-order valence-electron chi connectivity index (χ2n) is 16.1. The van der Waals surface area contributed by atoms with Gasteiger partial charge in [-0.3, -0.25) is 14.4 Å². The Kier molecular flexibility index (Phi) is 46.6. The van der Waals surface area contributed by atoms with E-state index in [9.17, 15) is 14.4 Å². The molecule has 0 rings (SSSR count). The molecule has 0 aliphatic rings. The number of rotatable bonds is 43. The third kappa shape index (κ3) is 47.1. The highest BCUT2D eigenvalue weighted by molar-refractivity contribution is 5.71. The number of carbonyl (C=O) groups excluding carboxylic acids is 3. The Morgan fingerprint density at radius 3 is 1.19 bits per heavy atom. The van der Waals surface area contributed by atoms with Crippen LogP contribution in [-0.2, 0) is 28.6 Å². The van der Waals surface area contributed by atoms with Crippen LogP contribution in [0.2, 0.25) is 0 Å². The van der Waals surface area contributed by atoms with Crippen molar-refractivity contribution < 1.29 is 28.6 Å². The van der Waals surface area contributed by atoms with Gasteiger partial charge in [0, 0.05) is 19.3 Å². The summed E-state index contributed by atoms with van der Waals surface area (Å²) >= 11 is 0. The molecule has 1 atom stereocenters. The van der Waals surface area contributed by atoms with E-state index in [1.165, 1.54) is 70.6 Å². The van der Waals surface area contributed by atoms with Crippen LogP contribution in [-0.4, -0.2) is 37.2 Å². The van der Waals surface area contributed by atoms with E-state index in [1.807, 2.05) is 36.5 Å². The average Bonchev–Trinajstić information content (AvgIpc) is 3.27. The number of esters is 3. The molecule has 0 saturated heterocycles. The zero-order valence-corrected chi connectivity index (χ0v) is 39.8. The lowest BCUT2D eigenvalue weighted by Gasteiger charge is -2.18. The van der Waals surface area contributed by atoms with E-state index in [0.29, 0.717) is 19.3 Å². The molecular weight excluding hydrogens is 769 g/mol. The summed E-state index contributed by atoms with van der Waals surface area (Å²) in [7, 11) is 0. The molecule has 0 aliphatic heterocycles. The summed E-state index contributed by atoms with van der Waals surface area (Å²) in [6.45, 7) is 6.41. The lowest BCUT2D eigenvalue weighted by atomic mass is 10.1. The van der Waals surface area contributed by atoms with Crippen molar-refractivity contribution in [3.63, 3.8) is 0 Å². The van der Waals surface area contributed by atoms with Crippen LogP contribution in [0, 0.1) is 0 Å². The first-order valence-corrected chi connectivity index (χ1v) is 25.0. The Balaban J connectivity index is 4.51. The van der Waals surface area contributed by atoms with E-state index in [1.54, 1.807) is 0 Å². The number of hydrogen-bond donors (Lipinski definition) is 0. The molecule has 0 N–H and O–H groups in total. The molecule has 1 unspecified atom stereocenters. The third-order valence-electron chi connectivity index (χ3n) is 10.1. The van der Waals surface area contributed by atoms with Crippen LogP contribution in [0.25, 0.3) is 0 Å². The fraction of sp³-hybridized carbons (Fsp3) is 0.625. The Hall–Kier alpha value is -3.93. The maximum atomic E-state index is 12.7. The number of unbranched alkanes of at least 4 members (excludes halogenated alkanes) is 18. The van der Waals surface area contributed by atoms with Crippen molar-refractivity contribution in [2.45, 2.75) is 213 Å². The summed E-state index contributed by atoms with van der Waals surface area (Å²) < 4.78 is 16.7. The van der Waals surface area contributed by atoms with Crippen molar-refractivity contribution in [3.8, 4) is 0 Å². The molecular formula is C56H90O6. The Morgan fingerprint density at radius 2 is 0.694 bits per heavy atom. The Bertz CT molecular complexity index is 1310. The fourth-order valence-electron chi connectivity index (χ4n) is 6.35. The van der Waals surface area contributed by atoms with Crippen molar-refractivity contribution in [3.05, 3.63) is 109 Å². The van der Waals surface area contributed by atoms with E-state index in [-0.39, 0.29) is 37.5 Å². The predicted molar refractivity (Wildman–Crippen MR) is 265 cm³/mol. The number of hydrogen-bond acceptors (Lipinski definition) is 6. The normalized spacial score (nSPS) is 13.0. The van der Waals surface area contributed by atoms with Crippen molar-refractivity contribution >= 4 is 17.9 Å². The SMILES string of the molecule is CCC\C=C/C=C\C=C/C=C\C=C/CCCCCCCC(=O)OCC(COC(=O)CCCCCCCCCCC)OC(=O)CCC/C=C\C/C=C\C/C=C\C/C=C\CCCCC. The molecule has 0 bridgehead atoms. The van der Waals surface area contributed by atoms with Crippen LogP contribution in [0.3, 0.4) is 0 Å². The number of carbonyl (C=O) groups is 3. The molecule has 350 valence electrons. The Morgan fingerprint density at radius 1 is 0.339 bits per heavy atom. The second-order valence-corrected chi connectivity index (χ2v) is 16.1. The van der Waals surface area contributed by atoms with E-state index >= 15 is 0 Å². The molecule has 6 nitrogen and oxygen atoms in total. The van der Waals surface area contributed by atoms with Crippen molar-refractivity contribution in [1.29, 1.82) is 0 Å². The summed E-state index contributed by atoms with van der Waals surface area (Å²) in [6.07, 6.45) is 66.4. The molecule has 6 heteroatoms. The highest BCUT2D eigenvalue weighted by Gasteiger charge is 2.19. The molecule has 0 spiro atoms. The van der Waals surface area contributed by atoms with Gasteiger partial charge in [0.15, 0.2) is 6.10 Å². The van der Waals surface area contributed by atoms with Crippen molar-refractivity contribution in [2.24, 2.45) is 0 Å². The standard InChI is InChI=1S/C56H90O6/c1-4-7-10-13-16-19-21-23-25-27-29-30-32-34-37-40-43-46-49-55(58)61-52-53(51-60-54(57)48-45-42-39-36-18-15-12-9-6-3)62-56(59)50-47-44-41-38-35-33-31-28-26-24-22-20-17-14-11-8-5-2/h10,13,16-17,19-21,23-27,29-31,33,38,41,53H,4-9,11-12,14-15,18,22,28,32,34-37,39-40,42-52H2,1-3H3/b13-10-,19-16-,20-17-,23-21-,26-24-,27-25-,30-29-,33-31-,41-38-. The topological polar surface area (TPSA) is 78.9 Å². The van der Waals surface area contributed by atoms with Crippen molar-refractivity contribution in [1.82, 2.24) is 0 Å². The first-order valence-electron chi connectivity index (χ1n) is 25.0. The Labute approximate surface area is 380 Å². The molecule has 0 amide bonds. The summed E-state index contributed by atoms with van der Waals surface area (Å²) in [4.78, 5) is 37.8. The number of allylic oxidation sites excluding steroid dienone is 18. The van der Waals surface area contributed by atoms with Gasteiger partial charge >= 0.3 is 17.9 Å². The van der Waals surface area contributed by atoms with Crippen molar-refractivity contribution in [2.75, 3.05) is 13.2 Å². The maximum Gasteiger partial charge on any atom is 0.306 e. The van der Waals surface area contributed by atoms with E-state index in [2.05, 4.69) is 93.7 Å². The van der Waals surface area contributed by atoms with Gasteiger partial charge in [0.2, 0.25) is 0 Å². The van der Waals surface area contributed by atoms with Crippen LogP contribution in [0.15, 0.2) is 109 Å². The molecule has 0 heterocycles. The molecule has 0 aromatic heterocycles. The second kappa shape index (κ2) is 49.7. The van der Waals surface area contributed by atoms with Gasteiger partial charge in [-0.1, -0.05) is 220 Å². The number of ether oxygens (including phenoxy) is 3. The van der Waals surface area contributed by atoms with E-state index < -0.39 is 6.10 Å². The van der Waals surface area contributed by atoms with Crippen LogP contribution in [0.1, 0.15) is 207 Å². The van der Waals surface area contributed by atoms with E-state index in [4.69, 9.17) is 14.2 Å². The highest BCUT2D eigenvalue weighted by Crippen LogP contribution is 2.13. The zero-order chi connectivity index (χ0) is 45.1. The molecule has 0 radical (unpaired) electrons. The zero-order valence-electron chi connectivity index (χ0n) is 39.8. The molecule has 0 aliphatic carbocycles. The first-order chi connectivity index (χ1) is 30.5. The molecule has 0 saturated carbocycles. The minimum Gasteiger partial charge on any atom is -0.462 e. The van der Waals surface area contributed by atoms with E-state index in [0.717, 1.165) is 89.9 Å². The van der Waals surface area contributed by atoms with Gasteiger partial charge in [-0.2, -0.15) is 0 Å². The summed E-state index contributed by atoms with van der Waals surface area (Å²) in [5.41, 5.74) is 0. The highest BCUT2D eigenvalue weighted by atomic mass is 16.6. The van der Waals surface area contributed by atoms with Crippen LogP contribution < -0.4 is 0 Å². The van der Waals surface area contributed by atoms with Crippen LogP contribution >= 0.6 is 0 Å². The predicted octanol–water partition coefficient (Wildman–Crippen LogP) is 16.4. The molecule has 0 fully saturated rings. The van der Waals surface area contributed by atoms with Gasteiger partial charge in [-0.05, 0) is 77.0 Å². The molecule has 0 aromatic carbocycles. The molecule has 62 heavy (non-hydrogen) atoms. The smallest absolute Gasteiger partial charge is 0.306 e. The third-order valence-corrected chi connectivity index (χ3v) is 10.1. The largest absolute Gasteiger partial charge is 0.462 e. The van der Waals surface area contributed by atoms with Gasteiger partial charge < -0.3 is 14.2 Å². The summed E-state index contributed by atoms with van der Waals surface area (Å²) in [6, 6.07) is 0. The van der Waals surface area contributed by atoms with Crippen LogP contribution in [0.5, 0.6) is 0 Å². The van der Waals surface area contributed by atoms with Gasteiger partial charge in [0.05, 0.1) is 0 Å². The molecule has 0 aromatic rings. The summed E-state index contributed by atoms with van der Waals surface area (Å²) in [5.74, 6) is -1.00. The minimum atomic E-state index is -0.816. The monoisotopic (exact) mass is 859 g/mol. The summed E-state index contributed by atoms with van der Waals surface area (Å²) in [5, 5.41) is 0. The quantitative estimate of drug-likeness (QED) is 0.0200. The van der Waals surface area contributed by atoms with Gasteiger partial charge in [0.25, 0.3) is 0 Å². The lowest BCUT2D eigenvalue weighted by Crippen LogP contribution is -2.30. The average molecular weight is 859 g/mol. The van der Waals surface area contributed by atoms with Crippen LogP contribution in [0.4, 0.5) is 0 Å².